The van der Waals surface area contributed by atoms with Gasteiger partial charge in [-0.3, -0.25) is 4.90 Å². The molecule has 4 heteroatoms. The van der Waals surface area contributed by atoms with Crippen molar-refractivity contribution in [3.63, 3.8) is 0 Å². The molecule has 1 fully saturated rings. The molecule has 0 saturated carbocycles. The van der Waals surface area contributed by atoms with Crippen molar-refractivity contribution in [3.05, 3.63) is 46.7 Å². The van der Waals surface area contributed by atoms with Crippen molar-refractivity contribution in [2.24, 2.45) is 0 Å². The Balaban J connectivity index is 1.76. The molecule has 1 aliphatic heterocycles. The van der Waals surface area contributed by atoms with E-state index in [9.17, 15) is 0 Å². The molecule has 1 atom stereocenters. The molecule has 0 aliphatic carbocycles. The highest BCUT2D eigenvalue weighted by Gasteiger charge is 2.30. The van der Waals surface area contributed by atoms with Crippen LogP contribution < -0.4 is 0 Å². The van der Waals surface area contributed by atoms with E-state index in [2.05, 4.69) is 23.1 Å². The van der Waals surface area contributed by atoms with Crippen molar-refractivity contribution < 1.29 is 8.94 Å². The zero-order valence-electron chi connectivity index (χ0n) is 12.9. The summed E-state index contributed by atoms with van der Waals surface area (Å²) in [7, 11) is 0. The van der Waals surface area contributed by atoms with E-state index in [-0.39, 0.29) is 0 Å². The SMILES string of the molecule is C/C(=C\c1ccco1)CN1CCC[C@@H]1c1c(C)noc1C. The van der Waals surface area contributed by atoms with Gasteiger partial charge in [0.1, 0.15) is 11.5 Å². The molecular formula is C17H22N2O2. The van der Waals surface area contributed by atoms with E-state index in [0.717, 1.165) is 30.3 Å². The molecule has 1 saturated heterocycles. The topological polar surface area (TPSA) is 42.4 Å². The maximum Gasteiger partial charge on any atom is 0.138 e. The first kappa shape index (κ1) is 14.1. The van der Waals surface area contributed by atoms with Crippen LogP contribution in [0.4, 0.5) is 0 Å². The van der Waals surface area contributed by atoms with E-state index in [0.29, 0.717) is 6.04 Å². The smallest absolute Gasteiger partial charge is 0.138 e. The molecule has 2 aromatic heterocycles. The summed E-state index contributed by atoms with van der Waals surface area (Å²) in [5, 5.41) is 4.10. The molecule has 2 aromatic rings. The van der Waals surface area contributed by atoms with Crippen molar-refractivity contribution in [1.82, 2.24) is 10.1 Å². The Labute approximate surface area is 125 Å². The van der Waals surface area contributed by atoms with E-state index in [4.69, 9.17) is 8.94 Å². The number of likely N-dealkylation sites (tertiary alicyclic amines) is 1. The van der Waals surface area contributed by atoms with Crippen LogP contribution >= 0.6 is 0 Å². The van der Waals surface area contributed by atoms with Crippen molar-refractivity contribution in [2.75, 3.05) is 13.1 Å². The minimum Gasteiger partial charge on any atom is -0.465 e. The van der Waals surface area contributed by atoms with Gasteiger partial charge >= 0.3 is 0 Å². The summed E-state index contributed by atoms with van der Waals surface area (Å²) in [6.45, 7) is 8.28. The molecule has 3 rings (SSSR count). The number of hydrogen-bond donors (Lipinski definition) is 0. The van der Waals surface area contributed by atoms with Crippen LogP contribution in [-0.2, 0) is 0 Å². The quantitative estimate of drug-likeness (QED) is 0.847. The minimum absolute atomic E-state index is 0.427. The molecule has 0 unspecified atom stereocenters. The van der Waals surface area contributed by atoms with Crippen LogP contribution in [0.25, 0.3) is 6.08 Å². The summed E-state index contributed by atoms with van der Waals surface area (Å²) in [5.41, 5.74) is 3.61. The fraction of sp³-hybridized carbons (Fsp3) is 0.471. The summed E-state index contributed by atoms with van der Waals surface area (Å²) in [6, 6.07) is 4.33. The van der Waals surface area contributed by atoms with Gasteiger partial charge < -0.3 is 8.94 Å². The second-order valence-corrected chi connectivity index (χ2v) is 5.87. The zero-order valence-corrected chi connectivity index (χ0v) is 12.9. The van der Waals surface area contributed by atoms with Crippen LogP contribution in [-0.4, -0.2) is 23.1 Å². The van der Waals surface area contributed by atoms with Gasteiger partial charge in [-0.2, -0.15) is 0 Å². The van der Waals surface area contributed by atoms with Gasteiger partial charge in [0.05, 0.1) is 12.0 Å². The summed E-state index contributed by atoms with van der Waals surface area (Å²) >= 11 is 0. The van der Waals surface area contributed by atoms with E-state index in [1.807, 2.05) is 26.0 Å². The van der Waals surface area contributed by atoms with E-state index < -0.39 is 0 Å². The third-order valence-electron chi connectivity index (χ3n) is 4.17. The van der Waals surface area contributed by atoms with Crippen LogP contribution in [0.5, 0.6) is 0 Å². The summed E-state index contributed by atoms with van der Waals surface area (Å²) in [4.78, 5) is 2.52. The second-order valence-electron chi connectivity index (χ2n) is 5.87. The van der Waals surface area contributed by atoms with Gasteiger partial charge in [0.2, 0.25) is 0 Å². The van der Waals surface area contributed by atoms with Gasteiger partial charge in [-0.1, -0.05) is 10.7 Å². The lowest BCUT2D eigenvalue weighted by Gasteiger charge is -2.24. The molecule has 0 aromatic carbocycles. The third-order valence-corrected chi connectivity index (χ3v) is 4.17. The Kier molecular flexibility index (Phi) is 3.97. The van der Waals surface area contributed by atoms with Crippen LogP contribution in [0, 0.1) is 13.8 Å². The number of hydrogen-bond acceptors (Lipinski definition) is 4. The predicted octanol–water partition coefficient (Wildman–Crippen LogP) is 4.12. The number of nitrogens with zero attached hydrogens (tertiary/aromatic N) is 2. The summed E-state index contributed by atoms with van der Waals surface area (Å²) in [6.07, 6.45) is 6.23. The Hall–Kier alpha value is -1.81. The normalized spacial score (nSPS) is 20.3. The molecule has 0 spiro atoms. The molecule has 3 heterocycles. The summed E-state index contributed by atoms with van der Waals surface area (Å²) in [5.74, 6) is 1.87. The second kappa shape index (κ2) is 5.90. The van der Waals surface area contributed by atoms with Crippen LogP contribution in [0.2, 0.25) is 0 Å². The largest absolute Gasteiger partial charge is 0.465 e. The highest BCUT2D eigenvalue weighted by molar-refractivity contribution is 5.47. The lowest BCUT2D eigenvalue weighted by molar-refractivity contribution is 0.276. The van der Waals surface area contributed by atoms with Gasteiger partial charge in [-0.25, -0.2) is 0 Å². The zero-order chi connectivity index (χ0) is 14.8. The maximum atomic E-state index is 5.39. The van der Waals surface area contributed by atoms with Crippen LogP contribution in [0.15, 0.2) is 32.9 Å². The van der Waals surface area contributed by atoms with Crippen molar-refractivity contribution >= 4 is 6.08 Å². The lowest BCUT2D eigenvalue weighted by atomic mass is 10.0. The first-order chi connectivity index (χ1) is 10.1. The van der Waals surface area contributed by atoms with E-state index in [1.54, 1.807) is 6.26 Å². The number of furan rings is 1. The highest BCUT2D eigenvalue weighted by Crippen LogP contribution is 2.35. The molecule has 0 bridgehead atoms. The number of aryl methyl sites for hydroxylation is 2. The maximum absolute atomic E-state index is 5.39. The average molecular weight is 286 g/mol. The molecule has 21 heavy (non-hydrogen) atoms. The Morgan fingerprint density at radius 1 is 1.48 bits per heavy atom. The standard InChI is InChI=1S/C17H22N2O2/c1-12(10-15-6-5-9-20-15)11-19-8-4-7-16(19)17-13(2)18-21-14(17)3/h5-6,9-10,16H,4,7-8,11H2,1-3H3/b12-10+/t16-/m1/s1. The molecule has 1 aliphatic rings. The van der Waals surface area contributed by atoms with E-state index >= 15 is 0 Å². The van der Waals surface area contributed by atoms with Gasteiger partial charge in [0, 0.05) is 18.2 Å². The van der Waals surface area contributed by atoms with Crippen molar-refractivity contribution in [2.45, 2.75) is 39.7 Å². The fourth-order valence-corrected chi connectivity index (χ4v) is 3.29. The molecule has 112 valence electrons. The Bertz CT molecular complexity index is 606. The van der Waals surface area contributed by atoms with Gasteiger partial charge in [-0.15, -0.1) is 0 Å². The molecule has 0 N–H and O–H groups in total. The lowest BCUT2D eigenvalue weighted by Crippen LogP contribution is -2.25. The summed E-state index contributed by atoms with van der Waals surface area (Å²) < 4.78 is 10.7. The van der Waals surface area contributed by atoms with Crippen molar-refractivity contribution in [1.29, 1.82) is 0 Å². The number of aromatic nitrogens is 1. The highest BCUT2D eigenvalue weighted by atomic mass is 16.5. The average Bonchev–Trinajstić information content (AvgIpc) is 3.14. The third kappa shape index (κ3) is 2.95. The monoisotopic (exact) mass is 286 g/mol. The van der Waals surface area contributed by atoms with Crippen LogP contribution in [0.1, 0.15) is 48.6 Å². The Morgan fingerprint density at radius 3 is 3.00 bits per heavy atom. The molecule has 4 nitrogen and oxygen atoms in total. The van der Waals surface area contributed by atoms with Gasteiger partial charge in [0.15, 0.2) is 0 Å². The molecule has 0 radical (unpaired) electrons. The first-order valence-electron chi connectivity index (χ1n) is 7.52. The molecular weight excluding hydrogens is 264 g/mol. The minimum atomic E-state index is 0.427. The van der Waals surface area contributed by atoms with Gasteiger partial charge in [0.25, 0.3) is 0 Å². The number of rotatable bonds is 4. The predicted molar refractivity (Wildman–Crippen MR) is 81.9 cm³/mol. The van der Waals surface area contributed by atoms with Gasteiger partial charge in [-0.05, 0) is 58.4 Å². The molecule has 0 amide bonds. The first-order valence-corrected chi connectivity index (χ1v) is 7.52. The Morgan fingerprint density at radius 2 is 2.33 bits per heavy atom. The van der Waals surface area contributed by atoms with Crippen molar-refractivity contribution in [3.8, 4) is 0 Å². The van der Waals surface area contributed by atoms with E-state index in [1.165, 1.54) is 24.0 Å². The van der Waals surface area contributed by atoms with Crippen LogP contribution in [0.3, 0.4) is 0 Å². The fourth-order valence-electron chi connectivity index (χ4n) is 3.29.